The zero-order chi connectivity index (χ0) is 12.3. The minimum absolute atomic E-state index is 0.0943. The Labute approximate surface area is 118 Å². The van der Waals surface area contributed by atoms with Crippen molar-refractivity contribution < 1.29 is 4.79 Å². The molecule has 1 aromatic carbocycles. The molecule has 1 aliphatic heterocycles. The Morgan fingerprint density at radius 3 is 2.94 bits per heavy atom. The third-order valence-electron chi connectivity index (χ3n) is 2.55. The number of nitrogens with one attached hydrogen (secondary N) is 1. The summed E-state index contributed by atoms with van der Waals surface area (Å²) in [7, 11) is 0. The van der Waals surface area contributed by atoms with E-state index in [1.165, 1.54) is 0 Å². The lowest BCUT2D eigenvalue weighted by Gasteiger charge is -2.20. The Kier molecular flexibility index (Phi) is 4.82. The lowest BCUT2D eigenvalue weighted by Crippen LogP contribution is -2.30. The van der Waals surface area contributed by atoms with Gasteiger partial charge in [-0.25, -0.2) is 0 Å². The molecule has 1 unspecified atom stereocenters. The molecule has 1 aliphatic rings. The van der Waals surface area contributed by atoms with E-state index in [0.29, 0.717) is 0 Å². The molecule has 1 saturated heterocycles. The molecular formula is C12H14BrNOS2. The molecule has 1 heterocycles. The fourth-order valence-electron chi connectivity index (χ4n) is 1.62. The van der Waals surface area contributed by atoms with E-state index in [1.54, 1.807) is 11.8 Å². The number of thioether (sulfide) groups is 2. The van der Waals surface area contributed by atoms with Crippen LogP contribution in [-0.2, 0) is 4.79 Å². The SMILES string of the molecule is Cc1cc(Br)ccc1NC(=O)C1CSCCS1. The van der Waals surface area contributed by atoms with Gasteiger partial charge in [-0.1, -0.05) is 15.9 Å². The standard InChI is InChI=1S/C12H14BrNOS2/c1-8-6-9(13)2-3-10(8)14-12(15)11-7-16-4-5-17-11/h2-3,6,11H,4-5,7H2,1H3,(H,14,15). The van der Waals surface area contributed by atoms with Crippen LogP contribution in [0.15, 0.2) is 22.7 Å². The van der Waals surface area contributed by atoms with Crippen LogP contribution in [0.25, 0.3) is 0 Å². The summed E-state index contributed by atoms with van der Waals surface area (Å²) in [5.74, 6) is 3.28. The lowest BCUT2D eigenvalue weighted by molar-refractivity contribution is -0.115. The number of rotatable bonds is 2. The van der Waals surface area contributed by atoms with E-state index >= 15 is 0 Å². The maximum atomic E-state index is 12.0. The van der Waals surface area contributed by atoms with Crippen molar-refractivity contribution in [1.29, 1.82) is 0 Å². The number of benzene rings is 1. The second kappa shape index (κ2) is 6.16. The van der Waals surface area contributed by atoms with Crippen molar-refractivity contribution in [2.45, 2.75) is 12.2 Å². The molecule has 1 amide bonds. The quantitative estimate of drug-likeness (QED) is 0.898. The monoisotopic (exact) mass is 331 g/mol. The van der Waals surface area contributed by atoms with Crippen molar-refractivity contribution in [3.05, 3.63) is 28.2 Å². The van der Waals surface area contributed by atoms with Crippen molar-refractivity contribution in [3.63, 3.8) is 0 Å². The zero-order valence-electron chi connectivity index (χ0n) is 9.53. The van der Waals surface area contributed by atoms with Crippen LogP contribution in [0.2, 0.25) is 0 Å². The van der Waals surface area contributed by atoms with Crippen LogP contribution in [0.1, 0.15) is 5.56 Å². The van der Waals surface area contributed by atoms with Crippen molar-refractivity contribution in [2.24, 2.45) is 0 Å². The summed E-state index contributed by atoms with van der Waals surface area (Å²) in [4.78, 5) is 12.0. The van der Waals surface area contributed by atoms with Crippen LogP contribution < -0.4 is 5.32 Å². The molecule has 0 bridgehead atoms. The van der Waals surface area contributed by atoms with Crippen molar-refractivity contribution in [3.8, 4) is 0 Å². The van der Waals surface area contributed by atoms with Crippen LogP contribution >= 0.6 is 39.5 Å². The van der Waals surface area contributed by atoms with Crippen LogP contribution in [-0.4, -0.2) is 28.4 Å². The van der Waals surface area contributed by atoms with Crippen LogP contribution in [0.5, 0.6) is 0 Å². The average Bonchev–Trinajstić information content (AvgIpc) is 2.34. The van der Waals surface area contributed by atoms with Gasteiger partial charge < -0.3 is 5.32 Å². The molecular weight excluding hydrogens is 318 g/mol. The minimum Gasteiger partial charge on any atom is -0.325 e. The number of anilines is 1. The molecule has 0 saturated carbocycles. The number of amides is 1. The largest absolute Gasteiger partial charge is 0.325 e. The Balaban J connectivity index is 2.02. The Morgan fingerprint density at radius 1 is 1.47 bits per heavy atom. The normalized spacial score (nSPS) is 20.0. The Morgan fingerprint density at radius 2 is 2.29 bits per heavy atom. The lowest BCUT2D eigenvalue weighted by atomic mass is 10.2. The van der Waals surface area contributed by atoms with E-state index < -0.39 is 0 Å². The number of carbonyl (C=O) groups excluding carboxylic acids is 1. The average molecular weight is 332 g/mol. The number of hydrogen-bond acceptors (Lipinski definition) is 3. The van der Waals surface area contributed by atoms with E-state index in [2.05, 4.69) is 21.2 Å². The van der Waals surface area contributed by atoms with Gasteiger partial charge in [-0.2, -0.15) is 11.8 Å². The third kappa shape index (κ3) is 3.66. The van der Waals surface area contributed by atoms with Crippen molar-refractivity contribution in [2.75, 3.05) is 22.6 Å². The van der Waals surface area contributed by atoms with Crippen molar-refractivity contribution >= 4 is 51.0 Å². The maximum Gasteiger partial charge on any atom is 0.238 e. The van der Waals surface area contributed by atoms with E-state index in [1.807, 2.05) is 36.9 Å². The summed E-state index contributed by atoms with van der Waals surface area (Å²) in [6, 6.07) is 5.90. The summed E-state index contributed by atoms with van der Waals surface area (Å²) >= 11 is 7.04. The predicted octanol–water partition coefficient (Wildman–Crippen LogP) is 3.54. The zero-order valence-corrected chi connectivity index (χ0v) is 12.8. The molecule has 1 fully saturated rings. The van der Waals surface area contributed by atoms with Crippen LogP contribution in [0, 0.1) is 6.92 Å². The second-order valence-corrected chi connectivity index (χ2v) is 7.26. The van der Waals surface area contributed by atoms with Gasteiger partial charge in [0.2, 0.25) is 5.91 Å². The number of aryl methyl sites for hydroxylation is 1. The molecule has 0 aliphatic carbocycles. The molecule has 1 aromatic rings. The van der Waals surface area contributed by atoms with E-state index in [0.717, 1.165) is 33.0 Å². The van der Waals surface area contributed by atoms with Gasteiger partial charge >= 0.3 is 0 Å². The Bertz CT molecular complexity index is 419. The maximum absolute atomic E-state index is 12.0. The molecule has 0 spiro atoms. The van der Waals surface area contributed by atoms with E-state index in [9.17, 15) is 4.79 Å². The first-order valence-electron chi connectivity index (χ1n) is 5.43. The summed E-state index contributed by atoms with van der Waals surface area (Å²) < 4.78 is 1.04. The summed E-state index contributed by atoms with van der Waals surface area (Å²) in [6.45, 7) is 2.00. The molecule has 2 rings (SSSR count). The Hall–Kier alpha value is -0.130. The van der Waals surface area contributed by atoms with Crippen LogP contribution in [0.3, 0.4) is 0 Å². The topological polar surface area (TPSA) is 29.1 Å². The third-order valence-corrected chi connectivity index (χ3v) is 5.80. The highest BCUT2D eigenvalue weighted by Crippen LogP contribution is 2.26. The first-order valence-corrected chi connectivity index (χ1v) is 8.43. The molecule has 5 heteroatoms. The highest BCUT2D eigenvalue weighted by atomic mass is 79.9. The minimum atomic E-state index is 0.0943. The highest BCUT2D eigenvalue weighted by molar-refractivity contribution is 9.10. The van der Waals surface area contributed by atoms with Crippen molar-refractivity contribution in [1.82, 2.24) is 0 Å². The summed E-state index contributed by atoms with van der Waals surface area (Å²) in [5.41, 5.74) is 2.00. The van der Waals surface area contributed by atoms with Gasteiger partial charge in [0.05, 0.1) is 5.25 Å². The molecule has 0 radical (unpaired) electrons. The van der Waals surface area contributed by atoms with Gasteiger partial charge in [0.1, 0.15) is 0 Å². The van der Waals surface area contributed by atoms with Gasteiger partial charge in [-0.3, -0.25) is 4.79 Å². The summed E-state index contributed by atoms with van der Waals surface area (Å²) in [5, 5.41) is 3.11. The molecule has 1 atom stereocenters. The molecule has 2 nitrogen and oxygen atoms in total. The predicted molar refractivity (Wildman–Crippen MR) is 81.1 cm³/mol. The van der Waals surface area contributed by atoms with Gasteiger partial charge in [-0.15, -0.1) is 11.8 Å². The fraction of sp³-hybridized carbons (Fsp3) is 0.417. The van der Waals surface area contributed by atoms with Gasteiger partial charge in [0.25, 0.3) is 0 Å². The van der Waals surface area contributed by atoms with Gasteiger partial charge in [-0.05, 0) is 30.7 Å². The molecule has 1 N–H and O–H groups in total. The number of carbonyl (C=O) groups is 1. The van der Waals surface area contributed by atoms with E-state index in [4.69, 9.17) is 0 Å². The van der Waals surface area contributed by atoms with Gasteiger partial charge in [0.15, 0.2) is 0 Å². The first-order chi connectivity index (χ1) is 8.16. The second-order valence-electron chi connectivity index (χ2n) is 3.88. The number of hydrogen-bond donors (Lipinski definition) is 1. The fourth-order valence-corrected chi connectivity index (χ4v) is 4.65. The highest BCUT2D eigenvalue weighted by Gasteiger charge is 2.22. The van der Waals surface area contributed by atoms with Crippen LogP contribution in [0.4, 0.5) is 5.69 Å². The smallest absolute Gasteiger partial charge is 0.238 e. The molecule has 0 aromatic heterocycles. The first kappa shape index (κ1) is 13.3. The number of halogens is 1. The van der Waals surface area contributed by atoms with E-state index in [-0.39, 0.29) is 11.2 Å². The summed E-state index contributed by atoms with van der Waals surface area (Å²) in [6.07, 6.45) is 0. The van der Waals surface area contributed by atoms with Gasteiger partial charge in [0, 0.05) is 27.4 Å². The molecule has 92 valence electrons. The molecule has 17 heavy (non-hydrogen) atoms.